The fourth-order valence-electron chi connectivity index (χ4n) is 2.86. The predicted octanol–water partition coefficient (Wildman–Crippen LogP) is 1.10. The molecule has 2 aliphatic heterocycles. The molecule has 1 N–H and O–H groups in total. The summed E-state index contributed by atoms with van der Waals surface area (Å²) in [4.78, 5) is 2.61. The van der Waals surface area contributed by atoms with Crippen molar-refractivity contribution in [2.45, 2.75) is 38.3 Å². The third-order valence-corrected chi connectivity index (χ3v) is 3.73. The summed E-state index contributed by atoms with van der Waals surface area (Å²) in [6.45, 7) is 7.19. The van der Waals surface area contributed by atoms with Crippen LogP contribution in [0.4, 0.5) is 0 Å². The van der Waals surface area contributed by atoms with Gasteiger partial charge in [-0.05, 0) is 31.7 Å². The zero-order chi connectivity index (χ0) is 10.7. The van der Waals surface area contributed by atoms with Crippen molar-refractivity contribution in [3.8, 4) is 0 Å². The van der Waals surface area contributed by atoms with E-state index in [1.54, 1.807) is 0 Å². The summed E-state index contributed by atoms with van der Waals surface area (Å²) in [6.07, 6.45) is 4.41. The molecule has 0 radical (unpaired) electrons. The van der Waals surface area contributed by atoms with Gasteiger partial charge in [-0.15, -0.1) is 0 Å². The van der Waals surface area contributed by atoms with Crippen LogP contribution in [0.5, 0.6) is 0 Å². The molecule has 0 aromatic rings. The normalized spacial score (nSPS) is 38.4. The van der Waals surface area contributed by atoms with Gasteiger partial charge in [0, 0.05) is 32.8 Å². The molecule has 0 amide bonds. The van der Waals surface area contributed by atoms with E-state index in [0.717, 1.165) is 12.5 Å². The highest BCUT2D eigenvalue weighted by atomic mass is 16.5. The lowest BCUT2D eigenvalue weighted by atomic mass is 10.00. The Labute approximate surface area is 93.2 Å². The maximum atomic E-state index is 5.37. The van der Waals surface area contributed by atoms with Crippen LogP contribution in [0.3, 0.4) is 0 Å². The molecule has 0 saturated carbocycles. The molecule has 0 bridgehead atoms. The molecule has 2 fully saturated rings. The van der Waals surface area contributed by atoms with Gasteiger partial charge in [0.1, 0.15) is 0 Å². The molecular formula is C12H24N2O. The molecule has 88 valence electrons. The molecular weight excluding hydrogens is 188 g/mol. The van der Waals surface area contributed by atoms with Crippen molar-refractivity contribution >= 4 is 0 Å². The smallest absolute Gasteiger partial charge is 0.0711 e. The minimum Gasteiger partial charge on any atom is -0.380 e. The number of likely N-dealkylation sites (tertiary alicyclic amines) is 1. The Bertz CT molecular complexity index is 198. The van der Waals surface area contributed by atoms with Crippen molar-refractivity contribution in [2.24, 2.45) is 5.92 Å². The molecule has 0 aromatic heterocycles. The van der Waals surface area contributed by atoms with Crippen molar-refractivity contribution in [1.29, 1.82) is 0 Å². The van der Waals surface area contributed by atoms with E-state index in [2.05, 4.69) is 17.1 Å². The SMILES string of the molecule is CO[C@@H]1CN[C@H](CN2CCCC(C)C2)C1. The molecule has 15 heavy (non-hydrogen) atoms. The number of rotatable bonds is 3. The second-order valence-electron chi connectivity index (χ2n) is 5.21. The minimum absolute atomic E-state index is 0.442. The van der Waals surface area contributed by atoms with Crippen molar-refractivity contribution < 1.29 is 4.74 Å². The topological polar surface area (TPSA) is 24.5 Å². The summed E-state index contributed by atoms with van der Waals surface area (Å²) in [7, 11) is 1.82. The van der Waals surface area contributed by atoms with E-state index in [1.807, 2.05) is 7.11 Å². The van der Waals surface area contributed by atoms with E-state index < -0.39 is 0 Å². The van der Waals surface area contributed by atoms with Gasteiger partial charge in [0.25, 0.3) is 0 Å². The second-order valence-corrected chi connectivity index (χ2v) is 5.21. The van der Waals surface area contributed by atoms with Gasteiger partial charge in [-0.2, -0.15) is 0 Å². The third-order valence-electron chi connectivity index (χ3n) is 3.73. The number of nitrogens with zero attached hydrogens (tertiary/aromatic N) is 1. The highest BCUT2D eigenvalue weighted by Crippen LogP contribution is 2.17. The number of methoxy groups -OCH3 is 1. The third kappa shape index (κ3) is 3.16. The van der Waals surface area contributed by atoms with Gasteiger partial charge in [0.2, 0.25) is 0 Å². The molecule has 0 aromatic carbocycles. The minimum atomic E-state index is 0.442. The van der Waals surface area contributed by atoms with Crippen LogP contribution in [-0.2, 0) is 4.74 Å². The quantitative estimate of drug-likeness (QED) is 0.758. The summed E-state index contributed by atoms with van der Waals surface area (Å²) >= 11 is 0. The van der Waals surface area contributed by atoms with E-state index in [-0.39, 0.29) is 0 Å². The Balaban J connectivity index is 1.72. The maximum Gasteiger partial charge on any atom is 0.0711 e. The highest BCUT2D eigenvalue weighted by molar-refractivity contribution is 4.85. The Morgan fingerprint density at radius 3 is 3.00 bits per heavy atom. The van der Waals surface area contributed by atoms with E-state index in [1.165, 1.54) is 38.9 Å². The van der Waals surface area contributed by atoms with Gasteiger partial charge >= 0.3 is 0 Å². The molecule has 1 unspecified atom stereocenters. The first-order valence-corrected chi connectivity index (χ1v) is 6.26. The molecule has 3 atom stereocenters. The number of hydrogen-bond acceptors (Lipinski definition) is 3. The van der Waals surface area contributed by atoms with E-state index in [0.29, 0.717) is 12.1 Å². The fourth-order valence-corrected chi connectivity index (χ4v) is 2.86. The lowest BCUT2D eigenvalue weighted by molar-refractivity contribution is 0.113. The van der Waals surface area contributed by atoms with Crippen LogP contribution in [0.25, 0.3) is 0 Å². The average molecular weight is 212 g/mol. The lowest BCUT2D eigenvalue weighted by Gasteiger charge is -2.32. The molecule has 0 spiro atoms. The molecule has 0 aliphatic carbocycles. The zero-order valence-corrected chi connectivity index (χ0v) is 10.0. The summed E-state index contributed by atoms with van der Waals surface area (Å²) < 4.78 is 5.37. The van der Waals surface area contributed by atoms with Crippen LogP contribution in [0.2, 0.25) is 0 Å². The van der Waals surface area contributed by atoms with Crippen molar-refractivity contribution in [3.63, 3.8) is 0 Å². The number of hydrogen-bond donors (Lipinski definition) is 1. The van der Waals surface area contributed by atoms with Gasteiger partial charge in [-0.25, -0.2) is 0 Å². The standard InChI is InChI=1S/C12H24N2O/c1-10-4-3-5-14(8-10)9-11-6-12(15-2)7-13-11/h10-13H,3-9H2,1-2H3/t10?,11-,12-/m0/s1. The van der Waals surface area contributed by atoms with Crippen LogP contribution in [0.15, 0.2) is 0 Å². The first-order valence-electron chi connectivity index (χ1n) is 6.26. The Morgan fingerprint density at radius 2 is 2.33 bits per heavy atom. The molecule has 2 aliphatic rings. The van der Waals surface area contributed by atoms with Crippen molar-refractivity contribution in [2.75, 3.05) is 33.3 Å². The monoisotopic (exact) mass is 212 g/mol. The molecule has 3 nitrogen and oxygen atoms in total. The van der Waals surface area contributed by atoms with Crippen LogP contribution < -0.4 is 5.32 Å². The summed E-state index contributed by atoms with van der Waals surface area (Å²) in [5.74, 6) is 0.887. The van der Waals surface area contributed by atoms with Crippen LogP contribution >= 0.6 is 0 Å². The van der Waals surface area contributed by atoms with Gasteiger partial charge in [0.15, 0.2) is 0 Å². The number of nitrogens with one attached hydrogen (secondary N) is 1. The van der Waals surface area contributed by atoms with Gasteiger partial charge in [-0.3, -0.25) is 0 Å². The molecule has 2 saturated heterocycles. The summed E-state index contributed by atoms with van der Waals surface area (Å²) in [5, 5.41) is 3.55. The first kappa shape index (κ1) is 11.4. The first-order chi connectivity index (χ1) is 7.28. The van der Waals surface area contributed by atoms with Crippen molar-refractivity contribution in [1.82, 2.24) is 10.2 Å². The molecule has 2 heterocycles. The number of piperidine rings is 1. The zero-order valence-electron chi connectivity index (χ0n) is 10.0. The lowest BCUT2D eigenvalue weighted by Crippen LogP contribution is -2.42. The Morgan fingerprint density at radius 1 is 1.47 bits per heavy atom. The van der Waals surface area contributed by atoms with E-state index >= 15 is 0 Å². The van der Waals surface area contributed by atoms with Gasteiger partial charge in [0.05, 0.1) is 6.10 Å². The van der Waals surface area contributed by atoms with Crippen LogP contribution in [-0.4, -0.2) is 50.3 Å². The largest absolute Gasteiger partial charge is 0.380 e. The summed E-state index contributed by atoms with van der Waals surface area (Å²) in [5.41, 5.74) is 0. The Kier molecular flexibility index (Phi) is 4.00. The molecule has 3 heteroatoms. The summed E-state index contributed by atoms with van der Waals surface area (Å²) in [6, 6.07) is 0.653. The van der Waals surface area contributed by atoms with Gasteiger partial charge < -0.3 is 15.0 Å². The van der Waals surface area contributed by atoms with E-state index in [4.69, 9.17) is 4.74 Å². The van der Waals surface area contributed by atoms with Crippen molar-refractivity contribution in [3.05, 3.63) is 0 Å². The Hall–Kier alpha value is -0.120. The highest BCUT2D eigenvalue weighted by Gasteiger charge is 2.26. The maximum absolute atomic E-state index is 5.37. The van der Waals surface area contributed by atoms with Gasteiger partial charge in [-0.1, -0.05) is 6.92 Å². The van der Waals surface area contributed by atoms with Crippen LogP contribution in [0, 0.1) is 5.92 Å². The fraction of sp³-hybridized carbons (Fsp3) is 1.00. The average Bonchev–Trinajstić information content (AvgIpc) is 2.65. The van der Waals surface area contributed by atoms with Crippen LogP contribution in [0.1, 0.15) is 26.2 Å². The van der Waals surface area contributed by atoms with E-state index in [9.17, 15) is 0 Å². The second kappa shape index (κ2) is 5.28. The predicted molar refractivity (Wildman–Crippen MR) is 62.0 cm³/mol. The molecule has 2 rings (SSSR count). The number of ether oxygens (including phenoxy) is 1.